The molecule has 534 valence electrons. The number of hydrogen-bond acceptors (Lipinski definition) is 15. The van der Waals surface area contributed by atoms with Crippen molar-refractivity contribution in [2.24, 2.45) is 0 Å². The molecule has 15 rings (SSSR count). The van der Waals surface area contributed by atoms with Gasteiger partial charge in [-0.25, -0.2) is 29.3 Å². The highest BCUT2D eigenvalue weighted by Crippen LogP contribution is 2.34. The molecule has 6 aromatic heterocycles. The minimum atomic E-state index is -0.613. The predicted molar refractivity (Wildman–Crippen MR) is 423 cm³/mol. The minimum absolute atomic E-state index is 0.0869. The molecule has 0 aliphatic heterocycles. The summed E-state index contributed by atoms with van der Waals surface area (Å²) in [5.74, 6) is 4.17. The summed E-state index contributed by atoms with van der Waals surface area (Å²) in [6, 6.07) is 59.7. The van der Waals surface area contributed by atoms with E-state index in [9.17, 15) is 28.8 Å². The summed E-state index contributed by atoms with van der Waals surface area (Å²) in [7, 11) is 4.95. The van der Waals surface area contributed by atoms with Crippen LogP contribution in [-0.2, 0) is 45.3 Å². The van der Waals surface area contributed by atoms with Gasteiger partial charge in [0.15, 0.2) is 17.3 Å². The molecule has 0 saturated heterocycles. The van der Waals surface area contributed by atoms with Crippen molar-refractivity contribution >= 4 is 131 Å². The van der Waals surface area contributed by atoms with Crippen LogP contribution in [0.1, 0.15) is 119 Å². The SMILES string of the molecule is COc1ccc(Cc2nc3cc4c(C)c(C(C)=O)c(=O)oc4cc3n2CCc2ccc(Br)cc2)cc1.COc1ccc(Cc2nc3cc4c(C)c(C(C)=O)c(=O)oc4cc3n2Cc2ccc(Br)cc2)cc1.COc1ccc(Cc2nc3cc4c(C)c(C(C)=O)c(=O)oc4cc3n2Cc2cccc(Br)c2)cc1. The van der Waals surface area contributed by atoms with Crippen LogP contribution >= 0.6 is 47.8 Å². The van der Waals surface area contributed by atoms with Gasteiger partial charge in [0.1, 0.15) is 68.2 Å². The number of ketones is 3. The molecule has 0 aliphatic rings. The highest BCUT2D eigenvalue weighted by Gasteiger charge is 2.24. The highest BCUT2D eigenvalue weighted by atomic mass is 79.9. The van der Waals surface area contributed by atoms with Crippen molar-refractivity contribution in [1.82, 2.24) is 28.7 Å². The Balaban J connectivity index is 0.000000141. The standard InChI is InChI=1S/C29H25BrN2O4.2C28H23BrN2O4/c1-17-23-15-24-25(16-26(23)36-29(34)28(17)18(2)33)32(13-12-19-4-8-21(30)9-5-19)27(31-24)14-20-6-10-22(35-3)11-7-20;1-16-22-13-23-24(14-25(22)35-28(33)27(16)17(2)32)31(15-19-4-8-20(29)9-5-19)26(30-23)12-18-6-10-21(34-3)11-7-18;1-16-22-13-23-24(14-25(22)35-28(33)27(16)17(2)32)31(15-19-5-4-6-20(29)11-19)26(30-23)12-18-7-9-21(34-3)10-8-18/h4-11,15-16H,12-14H2,1-3H3;2*4-11,13-14H,12,15H2,1-3H3. The molecule has 106 heavy (non-hydrogen) atoms. The number of rotatable bonds is 19. The van der Waals surface area contributed by atoms with E-state index >= 15 is 0 Å². The van der Waals surface area contributed by atoms with Crippen molar-refractivity contribution in [3.05, 3.63) is 311 Å². The molecule has 0 saturated carbocycles. The number of nitrogens with zero attached hydrogens (tertiary/aromatic N) is 6. The van der Waals surface area contributed by atoms with Gasteiger partial charge in [0.2, 0.25) is 0 Å². The lowest BCUT2D eigenvalue weighted by Gasteiger charge is -2.11. The van der Waals surface area contributed by atoms with E-state index in [4.69, 9.17) is 42.4 Å². The number of carbonyl (C=O) groups excluding carboxylic acids is 3. The predicted octanol–water partition coefficient (Wildman–Crippen LogP) is 18.4. The summed E-state index contributed by atoms with van der Waals surface area (Å²) in [6.07, 6.45) is 2.69. The number of hydrogen-bond donors (Lipinski definition) is 0. The lowest BCUT2D eigenvalue weighted by atomic mass is 10.0. The maximum absolute atomic E-state index is 12.5. The van der Waals surface area contributed by atoms with Crippen molar-refractivity contribution in [3.63, 3.8) is 0 Å². The van der Waals surface area contributed by atoms with Gasteiger partial charge in [-0.2, -0.15) is 0 Å². The molecule has 0 N–H and O–H groups in total. The zero-order chi connectivity index (χ0) is 74.8. The van der Waals surface area contributed by atoms with E-state index < -0.39 is 16.9 Å². The number of methoxy groups -OCH3 is 3. The zero-order valence-electron chi connectivity index (χ0n) is 59.5. The number of halogens is 3. The fourth-order valence-electron chi connectivity index (χ4n) is 13.5. The van der Waals surface area contributed by atoms with E-state index in [1.165, 1.54) is 26.3 Å². The van der Waals surface area contributed by atoms with Crippen LogP contribution in [0.4, 0.5) is 0 Å². The minimum Gasteiger partial charge on any atom is -0.497 e. The Kier molecular flexibility index (Phi) is 21.6. The molecule has 0 amide bonds. The summed E-state index contributed by atoms with van der Waals surface area (Å²) in [5.41, 5.74) is 13.4. The van der Waals surface area contributed by atoms with Crippen molar-refractivity contribution in [2.45, 2.75) is 86.9 Å². The smallest absolute Gasteiger partial charge is 0.347 e. The molecular weight excluding hydrogens is 1540 g/mol. The van der Waals surface area contributed by atoms with Crippen LogP contribution in [0.3, 0.4) is 0 Å². The second-order valence-electron chi connectivity index (χ2n) is 26.0. The molecule has 18 nitrogen and oxygen atoms in total. The average Bonchev–Trinajstić information content (AvgIpc) is 1.20. The third-order valence-electron chi connectivity index (χ3n) is 19.0. The number of ether oxygens (including phenoxy) is 3. The van der Waals surface area contributed by atoms with Gasteiger partial charge in [-0.1, -0.05) is 121 Å². The Bertz CT molecular complexity index is 6110. The maximum atomic E-state index is 12.5. The molecule has 0 bridgehead atoms. The molecule has 0 radical (unpaired) electrons. The quantitative estimate of drug-likeness (QED) is 0.0542. The van der Waals surface area contributed by atoms with Gasteiger partial charge >= 0.3 is 16.9 Å². The molecule has 6 heterocycles. The largest absolute Gasteiger partial charge is 0.497 e. The van der Waals surface area contributed by atoms with Crippen LogP contribution in [0, 0.1) is 20.8 Å². The van der Waals surface area contributed by atoms with E-state index in [-0.39, 0.29) is 34.0 Å². The molecule has 0 unspecified atom stereocenters. The third kappa shape index (κ3) is 15.6. The van der Waals surface area contributed by atoms with Crippen LogP contribution in [0.5, 0.6) is 17.2 Å². The fourth-order valence-corrected chi connectivity index (χ4v) is 14.5. The van der Waals surface area contributed by atoms with E-state index in [1.54, 1.807) is 42.1 Å². The summed E-state index contributed by atoms with van der Waals surface area (Å²) in [6.45, 7) is 11.4. The number of aromatic nitrogens is 6. The number of carbonyl (C=O) groups is 3. The van der Waals surface area contributed by atoms with Gasteiger partial charge in [-0.05, 0) is 189 Å². The molecule has 9 aromatic carbocycles. The second kappa shape index (κ2) is 31.3. The van der Waals surface area contributed by atoms with Gasteiger partial charge in [0.25, 0.3) is 0 Å². The Hall–Kier alpha value is -11.1. The molecule has 15 aromatic rings. The first-order valence-electron chi connectivity index (χ1n) is 34.1. The number of benzene rings is 9. The number of imidazole rings is 3. The van der Waals surface area contributed by atoms with E-state index in [1.807, 2.05) is 146 Å². The fraction of sp³-hybridized carbons (Fsp3) is 0.188. The molecule has 0 fully saturated rings. The molecular formula is C85H71Br3N6O12. The lowest BCUT2D eigenvalue weighted by molar-refractivity contribution is 0.100. The highest BCUT2D eigenvalue weighted by molar-refractivity contribution is 9.11. The number of Topliss-reactive ketones (excluding diaryl/α,β-unsaturated/α-hetero) is 3. The number of fused-ring (bicyclic) bond motifs is 6. The first kappa shape index (κ1) is 73.2. The van der Waals surface area contributed by atoms with Crippen molar-refractivity contribution in [3.8, 4) is 17.2 Å². The van der Waals surface area contributed by atoms with Crippen molar-refractivity contribution in [2.75, 3.05) is 21.3 Å². The topological polar surface area (TPSA) is 223 Å². The van der Waals surface area contributed by atoms with Gasteiger partial charge in [-0.15, -0.1) is 0 Å². The van der Waals surface area contributed by atoms with Gasteiger partial charge in [0.05, 0.1) is 54.4 Å². The van der Waals surface area contributed by atoms with Crippen LogP contribution in [0.2, 0.25) is 0 Å². The van der Waals surface area contributed by atoms with E-state index in [0.29, 0.717) is 83.1 Å². The first-order chi connectivity index (χ1) is 51.0. The molecule has 0 atom stereocenters. The van der Waals surface area contributed by atoms with Gasteiger partial charge < -0.3 is 41.2 Å². The van der Waals surface area contributed by atoms with Crippen LogP contribution < -0.4 is 31.1 Å². The Morgan fingerprint density at radius 1 is 0.377 bits per heavy atom. The maximum Gasteiger partial charge on any atom is 0.347 e. The first-order valence-corrected chi connectivity index (χ1v) is 36.4. The summed E-state index contributed by atoms with van der Waals surface area (Å²) in [4.78, 5) is 88.6. The lowest BCUT2D eigenvalue weighted by Crippen LogP contribution is -2.14. The Labute approximate surface area is 633 Å². The Morgan fingerprint density at radius 2 is 0.698 bits per heavy atom. The third-order valence-corrected chi connectivity index (χ3v) is 20.5. The summed E-state index contributed by atoms with van der Waals surface area (Å²) in [5, 5.41) is 2.15. The van der Waals surface area contributed by atoms with Crippen LogP contribution in [0.25, 0.3) is 66.0 Å². The van der Waals surface area contributed by atoms with E-state index in [0.717, 1.165) is 121 Å². The summed E-state index contributed by atoms with van der Waals surface area (Å²) < 4.78 is 42.2. The van der Waals surface area contributed by atoms with E-state index in [2.05, 4.69) is 97.9 Å². The van der Waals surface area contributed by atoms with Gasteiger partial charge in [-0.3, -0.25) is 14.4 Å². The average molecular weight is 1610 g/mol. The molecule has 0 spiro atoms. The Morgan fingerprint density at radius 3 is 1.04 bits per heavy atom. The molecule has 0 aliphatic carbocycles. The number of aryl methyl sites for hydroxylation is 5. The van der Waals surface area contributed by atoms with Crippen molar-refractivity contribution < 1.29 is 41.8 Å². The van der Waals surface area contributed by atoms with Gasteiger partial charge in [0, 0.05) is 86.7 Å². The van der Waals surface area contributed by atoms with Crippen molar-refractivity contribution in [1.29, 1.82) is 0 Å². The second-order valence-corrected chi connectivity index (χ2v) is 28.7. The normalized spacial score (nSPS) is 11.3. The molecule has 21 heteroatoms. The monoisotopic (exact) mass is 1600 g/mol. The van der Waals surface area contributed by atoms with Crippen LogP contribution in [-0.4, -0.2) is 67.3 Å². The zero-order valence-corrected chi connectivity index (χ0v) is 64.2. The summed E-state index contributed by atoms with van der Waals surface area (Å²) >= 11 is 10.5. The van der Waals surface area contributed by atoms with Crippen LogP contribution in [0.15, 0.2) is 223 Å².